The van der Waals surface area contributed by atoms with E-state index >= 15 is 0 Å². The van der Waals surface area contributed by atoms with Crippen molar-refractivity contribution in [2.24, 2.45) is 11.8 Å². The van der Waals surface area contributed by atoms with Crippen molar-refractivity contribution < 1.29 is 14.3 Å². The van der Waals surface area contributed by atoms with E-state index in [1.54, 1.807) is 7.11 Å². The van der Waals surface area contributed by atoms with Crippen LogP contribution in [0.25, 0.3) is 0 Å². The number of methoxy groups -OCH3 is 1. The maximum Gasteiger partial charge on any atom is 0.251 e. The lowest BCUT2D eigenvalue weighted by molar-refractivity contribution is -0.138. The lowest BCUT2D eigenvalue weighted by Crippen LogP contribution is -2.50. The molecule has 0 bridgehead atoms. The van der Waals surface area contributed by atoms with Crippen molar-refractivity contribution in [2.75, 3.05) is 19.0 Å². The van der Waals surface area contributed by atoms with E-state index in [-0.39, 0.29) is 41.8 Å². The van der Waals surface area contributed by atoms with Gasteiger partial charge in [0.15, 0.2) is 0 Å². The molecule has 2 aliphatic heterocycles. The Balaban J connectivity index is 1.30. The highest BCUT2D eigenvalue weighted by molar-refractivity contribution is 5.95. The summed E-state index contributed by atoms with van der Waals surface area (Å²) in [6, 6.07) is 25.9. The van der Waals surface area contributed by atoms with Crippen molar-refractivity contribution >= 4 is 17.5 Å². The van der Waals surface area contributed by atoms with Crippen LogP contribution in [-0.4, -0.2) is 36.4 Å². The Morgan fingerprint density at radius 1 is 0.921 bits per heavy atom. The van der Waals surface area contributed by atoms with E-state index in [0.29, 0.717) is 5.56 Å². The summed E-state index contributed by atoms with van der Waals surface area (Å²) in [5.74, 6) is 0.933. The van der Waals surface area contributed by atoms with Gasteiger partial charge in [0.2, 0.25) is 5.91 Å². The standard InChI is InChI=1S/C32H35N3O3/c1-38-23-16-17-24-28(20-23)33-29(21-10-4-2-5-11-21)26-18-19-35(30(24)26)32(37)25-14-8-9-15-27(25)34-31(36)22-12-6-3-7-13-22/h2-7,10-13,16-17,20,25-27,29-30,33H,8-9,14-15,18-19H2,1H3,(H,34,36)/t25-,26-,27+,29+,30+/m0/s1. The number of likely N-dealkylation sites (tertiary alicyclic amines) is 1. The first-order valence-corrected chi connectivity index (χ1v) is 13.8. The molecule has 2 amide bonds. The van der Waals surface area contributed by atoms with Gasteiger partial charge in [0.25, 0.3) is 5.91 Å². The second kappa shape index (κ2) is 10.5. The summed E-state index contributed by atoms with van der Waals surface area (Å²) in [4.78, 5) is 29.4. The second-order valence-electron chi connectivity index (χ2n) is 10.8. The Labute approximate surface area is 224 Å². The van der Waals surface area contributed by atoms with Crippen molar-refractivity contribution in [3.63, 3.8) is 0 Å². The molecule has 3 aliphatic rings. The first kappa shape index (κ1) is 24.5. The van der Waals surface area contributed by atoms with Crippen LogP contribution in [0.15, 0.2) is 78.9 Å². The molecule has 2 N–H and O–H groups in total. The van der Waals surface area contributed by atoms with Gasteiger partial charge in [-0.3, -0.25) is 9.59 Å². The minimum atomic E-state index is -0.207. The van der Waals surface area contributed by atoms with Gasteiger partial charge < -0.3 is 20.3 Å². The molecule has 0 aromatic heterocycles. The number of hydrogen-bond donors (Lipinski definition) is 2. The molecule has 0 spiro atoms. The Morgan fingerprint density at radius 2 is 1.66 bits per heavy atom. The number of anilines is 1. The van der Waals surface area contributed by atoms with Gasteiger partial charge in [-0.15, -0.1) is 0 Å². The average Bonchev–Trinajstić information content (AvgIpc) is 3.43. The maximum atomic E-state index is 14.3. The SMILES string of the molecule is COc1ccc2c(c1)N[C@H](c1ccccc1)[C@@H]1CCN(C(=O)[C@H]3CCCC[C@H]3NC(=O)c3ccccc3)[C@H]21. The van der Waals surface area contributed by atoms with E-state index in [9.17, 15) is 9.59 Å². The number of rotatable bonds is 5. The third-order valence-corrected chi connectivity index (χ3v) is 8.64. The van der Waals surface area contributed by atoms with Crippen molar-refractivity contribution in [2.45, 2.75) is 50.2 Å². The Kier molecular flexibility index (Phi) is 6.79. The molecule has 1 aliphatic carbocycles. The molecule has 6 nitrogen and oxygen atoms in total. The zero-order valence-electron chi connectivity index (χ0n) is 21.8. The summed E-state index contributed by atoms with van der Waals surface area (Å²) in [6.45, 7) is 0.723. The lowest BCUT2D eigenvalue weighted by atomic mass is 9.79. The highest BCUT2D eigenvalue weighted by Gasteiger charge is 2.48. The van der Waals surface area contributed by atoms with E-state index in [1.807, 2.05) is 48.5 Å². The third kappa shape index (κ3) is 4.53. The fraction of sp³-hybridized carbons (Fsp3) is 0.375. The van der Waals surface area contributed by atoms with Crippen molar-refractivity contribution in [1.29, 1.82) is 0 Å². The summed E-state index contributed by atoms with van der Waals surface area (Å²) < 4.78 is 5.53. The number of carbonyl (C=O) groups is 2. The molecule has 1 saturated heterocycles. The molecule has 5 atom stereocenters. The van der Waals surface area contributed by atoms with E-state index in [0.717, 1.165) is 55.6 Å². The van der Waals surface area contributed by atoms with Crippen LogP contribution < -0.4 is 15.4 Å². The summed E-state index contributed by atoms with van der Waals surface area (Å²) in [7, 11) is 1.68. The highest BCUT2D eigenvalue weighted by atomic mass is 16.5. The first-order valence-electron chi connectivity index (χ1n) is 13.8. The van der Waals surface area contributed by atoms with Crippen LogP contribution in [-0.2, 0) is 4.79 Å². The predicted molar refractivity (Wildman–Crippen MR) is 148 cm³/mol. The Hall–Kier alpha value is -3.80. The highest BCUT2D eigenvalue weighted by Crippen LogP contribution is 2.52. The molecule has 0 radical (unpaired) electrons. The fourth-order valence-electron chi connectivity index (χ4n) is 6.78. The second-order valence-corrected chi connectivity index (χ2v) is 10.8. The number of nitrogens with one attached hydrogen (secondary N) is 2. The molecular formula is C32H35N3O3. The van der Waals surface area contributed by atoms with Gasteiger partial charge in [-0.2, -0.15) is 0 Å². The number of hydrogen-bond acceptors (Lipinski definition) is 4. The molecule has 6 rings (SSSR count). The van der Waals surface area contributed by atoms with Gasteiger partial charge in [-0.1, -0.05) is 67.4 Å². The van der Waals surface area contributed by atoms with Crippen molar-refractivity contribution in [3.05, 3.63) is 95.6 Å². The molecule has 2 heterocycles. The summed E-state index contributed by atoms with van der Waals surface area (Å²) in [5, 5.41) is 6.99. The Morgan fingerprint density at radius 3 is 2.42 bits per heavy atom. The van der Waals surface area contributed by atoms with E-state index in [4.69, 9.17) is 4.74 Å². The van der Waals surface area contributed by atoms with Gasteiger partial charge >= 0.3 is 0 Å². The van der Waals surface area contributed by atoms with E-state index in [2.05, 4.69) is 45.9 Å². The average molecular weight is 510 g/mol. The lowest BCUT2D eigenvalue weighted by Gasteiger charge is -2.42. The van der Waals surface area contributed by atoms with Crippen molar-refractivity contribution in [3.8, 4) is 5.75 Å². The molecule has 0 unspecified atom stereocenters. The predicted octanol–water partition coefficient (Wildman–Crippen LogP) is 5.74. The Bertz CT molecular complexity index is 1300. The molecule has 3 aromatic rings. The van der Waals surface area contributed by atoms with E-state index in [1.165, 1.54) is 5.56 Å². The molecule has 6 heteroatoms. The minimum absolute atomic E-state index is 0.0118. The number of nitrogens with zero attached hydrogens (tertiary/aromatic N) is 1. The minimum Gasteiger partial charge on any atom is -0.497 e. The summed E-state index contributed by atoms with van der Waals surface area (Å²) in [5.41, 5.74) is 4.04. The van der Waals surface area contributed by atoms with Crippen LogP contribution in [0.5, 0.6) is 5.75 Å². The van der Waals surface area contributed by atoms with Gasteiger partial charge in [0.05, 0.1) is 25.1 Å². The molecule has 3 aromatic carbocycles. The summed E-state index contributed by atoms with van der Waals surface area (Å²) in [6.07, 6.45) is 4.61. The fourth-order valence-corrected chi connectivity index (χ4v) is 6.78. The monoisotopic (exact) mass is 509 g/mol. The molecule has 196 valence electrons. The molecular weight excluding hydrogens is 474 g/mol. The number of fused-ring (bicyclic) bond motifs is 3. The number of ether oxygens (including phenoxy) is 1. The molecule has 1 saturated carbocycles. The van der Waals surface area contributed by atoms with Gasteiger partial charge in [0.1, 0.15) is 5.75 Å². The van der Waals surface area contributed by atoms with Crippen molar-refractivity contribution in [1.82, 2.24) is 10.2 Å². The zero-order valence-corrected chi connectivity index (χ0v) is 21.8. The number of amides is 2. The van der Waals surface area contributed by atoms with Gasteiger partial charge in [-0.25, -0.2) is 0 Å². The van der Waals surface area contributed by atoms with Crippen LogP contribution in [0.2, 0.25) is 0 Å². The van der Waals surface area contributed by atoms with E-state index < -0.39 is 0 Å². The molecule has 2 fully saturated rings. The van der Waals surface area contributed by atoms with Crippen LogP contribution in [0.4, 0.5) is 5.69 Å². The van der Waals surface area contributed by atoms with Gasteiger partial charge in [-0.05, 0) is 48.6 Å². The summed E-state index contributed by atoms with van der Waals surface area (Å²) >= 11 is 0. The topological polar surface area (TPSA) is 70.7 Å². The van der Waals surface area contributed by atoms with Crippen LogP contribution in [0.1, 0.15) is 65.7 Å². The number of benzene rings is 3. The molecule has 38 heavy (non-hydrogen) atoms. The first-order chi connectivity index (χ1) is 18.6. The van der Waals surface area contributed by atoms with Gasteiger partial charge in [0, 0.05) is 35.8 Å². The zero-order chi connectivity index (χ0) is 26.1. The largest absolute Gasteiger partial charge is 0.497 e. The third-order valence-electron chi connectivity index (χ3n) is 8.64. The normalized spacial score (nSPS) is 26.0. The smallest absolute Gasteiger partial charge is 0.251 e. The van der Waals surface area contributed by atoms with Crippen LogP contribution in [0.3, 0.4) is 0 Å². The number of carbonyl (C=O) groups excluding carboxylic acids is 2. The van der Waals surface area contributed by atoms with Crippen LogP contribution >= 0.6 is 0 Å². The van der Waals surface area contributed by atoms with Crippen LogP contribution in [0, 0.1) is 11.8 Å². The maximum absolute atomic E-state index is 14.3. The quantitative estimate of drug-likeness (QED) is 0.460.